The molecule has 0 aromatic heterocycles. The summed E-state index contributed by atoms with van der Waals surface area (Å²) in [5, 5.41) is 14.9. The molecule has 0 fully saturated rings. The van der Waals surface area contributed by atoms with E-state index in [0.29, 0.717) is 32.0 Å². The average molecular weight is 288 g/mol. The summed E-state index contributed by atoms with van der Waals surface area (Å²) in [4.78, 5) is 21.9. The van der Waals surface area contributed by atoms with Gasteiger partial charge in [-0.2, -0.15) is 0 Å². The molecule has 0 aliphatic heterocycles. The van der Waals surface area contributed by atoms with Crippen molar-refractivity contribution in [3.8, 4) is 0 Å². The molecule has 0 saturated heterocycles. The zero-order valence-electron chi connectivity index (χ0n) is 13.0. The fourth-order valence-corrected chi connectivity index (χ4v) is 1.51. The summed E-state index contributed by atoms with van der Waals surface area (Å²) in [5.41, 5.74) is -0.348. The SMILES string of the molecule is CC(C)NCCC(=O)OCC(C)(C)NCCCC(=O)O. The van der Waals surface area contributed by atoms with Crippen molar-refractivity contribution >= 4 is 11.9 Å². The number of rotatable bonds is 11. The Morgan fingerprint density at radius 1 is 1.20 bits per heavy atom. The van der Waals surface area contributed by atoms with Gasteiger partial charge in [-0.1, -0.05) is 13.8 Å². The van der Waals surface area contributed by atoms with E-state index in [9.17, 15) is 9.59 Å². The lowest BCUT2D eigenvalue weighted by Gasteiger charge is -2.25. The van der Waals surface area contributed by atoms with Gasteiger partial charge in [-0.15, -0.1) is 0 Å². The minimum Gasteiger partial charge on any atom is -0.481 e. The summed E-state index contributed by atoms with van der Waals surface area (Å²) < 4.78 is 5.21. The Balaban J connectivity index is 3.74. The first-order chi connectivity index (χ1) is 9.23. The van der Waals surface area contributed by atoms with Crippen molar-refractivity contribution in [2.45, 2.75) is 58.5 Å². The number of carbonyl (C=O) groups excluding carboxylic acids is 1. The molecule has 0 amide bonds. The summed E-state index contributed by atoms with van der Waals surface area (Å²) in [5.74, 6) is -1.02. The van der Waals surface area contributed by atoms with Gasteiger partial charge in [-0.25, -0.2) is 0 Å². The van der Waals surface area contributed by atoms with E-state index in [2.05, 4.69) is 10.6 Å². The fourth-order valence-electron chi connectivity index (χ4n) is 1.51. The molecular formula is C14H28N2O4. The lowest BCUT2D eigenvalue weighted by atomic mass is 10.1. The van der Waals surface area contributed by atoms with Crippen molar-refractivity contribution in [1.82, 2.24) is 10.6 Å². The van der Waals surface area contributed by atoms with Crippen molar-refractivity contribution in [2.24, 2.45) is 0 Å². The Morgan fingerprint density at radius 2 is 1.85 bits per heavy atom. The van der Waals surface area contributed by atoms with Crippen LogP contribution < -0.4 is 10.6 Å². The smallest absolute Gasteiger partial charge is 0.307 e. The average Bonchev–Trinajstić information content (AvgIpc) is 2.32. The molecule has 0 atom stereocenters. The number of hydrogen-bond acceptors (Lipinski definition) is 5. The first-order valence-electron chi connectivity index (χ1n) is 7.09. The molecular weight excluding hydrogens is 260 g/mol. The molecule has 0 radical (unpaired) electrons. The molecule has 0 aliphatic carbocycles. The standard InChI is InChI=1S/C14H28N2O4/c1-11(2)15-9-7-13(19)20-10-14(3,4)16-8-5-6-12(17)18/h11,15-16H,5-10H2,1-4H3,(H,17,18). The molecule has 0 saturated carbocycles. The van der Waals surface area contributed by atoms with Crippen molar-refractivity contribution in [2.75, 3.05) is 19.7 Å². The summed E-state index contributed by atoms with van der Waals surface area (Å²) in [6, 6.07) is 0.357. The summed E-state index contributed by atoms with van der Waals surface area (Å²) in [7, 11) is 0. The van der Waals surface area contributed by atoms with Gasteiger partial charge < -0.3 is 20.5 Å². The van der Waals surface area contributed by atoms with Gasteiger partial charge >= 0.3 is 11.9 Å². The van der Waals surface area contributed by atoms with Crippen molar-refractivity contribution in [1.29, 1.82) is 0 Å². The molecule has 0 aromatic rings. The van der Waals surface area contributed by atoms with Crippen molar-refractivity contribution in [3.63, 3.8) is 0 Å². The maximum Gasteiger partial charge on any atom is 0.307 e. The number of aliphatic carboxylic acids is 1. The Hall–Kier alpha value is -1.14. The van der Waals surface area contributed by atoms with Gasteiger partial charge in [0, 0.05) is 24.5 Å². The third-order valence-corrected chi connectivity index (χ3v) is 2.65. The van der Waals surface area contributed by atoms with Crippen LogP contribution in [0.1, 0.15) is 47.0 Å². The highest BCUT2D eigenvalue weighted by molar-refractivity contribution is 5.69. The Labute approximate surface area is 121 Å². The number of carbonyl (C=O) groups is 2. The number of carboxylic acids is 1. The van der Waals surface area contributed by atoms with E-state index >= 15 is 0 Å². The molecule has 0 bridgehead atoms. The number of esters is 1. The van der Waals surface area contributed by atoms with E-state index in [1.54, 1.807) is 0 Å². The number of carboxylic acid groups (broad SMARTS) is 1. The molecule has 6 nitrogen and oxygen atoms in total. The van der Waals surface area contributed by atoms with E-state index in [-0.39, 0.29) is 24.5 Å². The second-order valence-electron chi connectivity index (χ2n) is 5.83. The highest BCUT2D eigenvalue weighted by atomic mass is 16.5. The van der Waals surface area contributed by atoms with Crippen LogP contribution in [-0.2, 0) is 14.3 Å². The molecule has 0 aliphatic rings. The van der Waals surface area contributed by atoms with E-state index in [1.165, 1.54) is 0 Å². The maximum absolute atomic E-state index is 11.5. The van der Waals surface area contributed by atoms with Gasteiger partial charge in [0.15, 0.2) is 0 Å². The van der Waals surface area contributed by atoms with Gasteiger partial charge in [0.25, 0.3) is 0 Å². The van der Waals surface area contributed by atoms with Crippen LogP contribution in [0.25, 0.3) is 0 Å². The lowest BCUT2D eigenvalue weighted by molar-refractivity contribution is -0.145. The van der Waals surface area contributed by atoms with Crippen LogP contribution in [0.2, 0.25) is 0 Å². The molecule has 0 unspecified atom stereocenters. The normalized spacial score (nSPS) is 11.7. The van der Waals surface area contributed by atoms with Crippen molar-refractivity contribution in [3.05, 3.63) is 0 Å². The van der Waals surface area contributed by atoms with Gasteiger partial charge in [0.2, 0.25) is 0 Å². The van der Waals surface area contributed by atoms with Crippen LogP contribution in [-0.4, -0.2) is 48.3 Å². The van der Waals surface area contributed by atoms with Crippen LogP contribution >= 0.6 is 0 Å². The summed E-state index contributed by atoms with van der Waals surface area (Å²) in [6.07, 6.45) is 1.06. The third-order valence-electron chi connectivity index (χ3n) is 2.65. The molecule has 118 valence electrons. The molecule has 6 heteroatoms. The monoisotopic (exact) mass is 288 g/mol. The first kappa shape index (κ1) is 18.9. The second-order valence-corrected chi connectivity index (χ2v) is 5.83. The van der Waals surface area contributed by atoms with E-state index in [4.69, 9.17) is 9.84 Å². The minimum atomic E-state index is -0.798. The minimum absolute atomic E-state index is 0.143. The topological polar surface area (TPSA) is 87.7 Å². The highest BCUT2D eigenvalue weighted by Gasteiger charge is 2.19. The second kappa shape index (κ2) is 9.72. The van der Waals surface area contributed by atoms with E-state index in [0.717, 1.165) is 0 Å². The Kier molecular flexibility index (Phi) is 9.16. The molecule has 0 heterocycles. The van der Waals surface area contributed by atoms with Crippen LogP contribution in [0.5, 0.6) is 0 Å². The third kappa shape index (κ3) is 11.9. The van der Waals surface area contributed by atoms with Gasteiger partial charge in [0.1, 0.15) is 6.61 Å². The van der Waals surface area contributed by atoms with Crippen LogP contribution in [0.4, 0.5) is 0 Å². The molecule has 0 rings (SSSR count). The first-order valence-corrected chi connectivity index (χ1v) is 7.09. The predicted octanol–water partition coefficient (Wildman–Crippen LogP) is 1.15. The summed E-state index contributed by atoms with van der Waals surface area (Å²) in [6.45, 7) is 9.38. The molecule has 20 heavy (non-hydrogen) atoms. The van der Waals surface area contributed by atoms with Gasteiger partial charge in [0.05, 0.1) is 6.42 Å². The Morgan fingerprint density at radius 3 is 2.40 bits per heavy atom. The van der Waals surface area contributed by atoms with Gasteiger partial charge in [-0.3, -0.25) is 9.59 Å². The fraction of sp³-hybridized carbons (Fsp3) is 0.857. The van der Waals surface area contributed by atoms with Gasteiger partial charge in [-0.05, 0) is 26.8 Å². The van der Waals surface area contributed by atoms with Crippen LogP contribution in [0.3, 0.4) is 0 Å². The zero-order valence-corrected chi connectivity index (χ0v) is 13.0. The number of nitrogens with one attached hydrogen (secondary N) is 2. The Bertz CT molecular complexity index is 304. The van der Waals surface area contributed by atoms with E-state index < -0.39 is 5.97 Å². The maximum atomic E-state index is 11.5. The quantitative estimate of drug-likeness (QED) is 0.390. The molecule has 3 N–H and O–H groups in total. The largest absolute Gasteiger partial charge is 0.481 e. The number of ether oxygens (including phenoxy) is 1. The van der Waals surface area contributed by atoms with Crippen LogP contribution in [0, 0.1) is 0 Å². The molecule has 0 aromatic carbocycles. The lowest BCUT2D eigenvalue weighted by Crippen LogP contribution is -2.44. The highest BCUT2D eigenvalue weighted by Crippen LogP contribution is 2.04. The predicted molar refractivity (Wildman–Crippen MR) is 77.7 cm³/mol. The zero-order chi connectivity index (χ0) is 15.6. The van der Waals surface area contributed by atoms with Crippen LogP contribution in [0.15, 0.2) is 0 Å². The summed E-state index contributed by atoms with van der Waals surface area (Å²) >= 11 is 0. The molecule has 0 spiro atoms. The number of hydrogen-bond donors (Lipinski definition) is 3. The van der Waals surface area contributed by atoms with E-state index in [1.807, 2.05) is 27.7 Å². The van der Waals surface area contributed by atoms with Crippen molar-refractivity contribution < 1.29 is 19.4 Å².